The molecule has 0 aromatic carbocycles. The minimum atomic E-state index is -0.536. The quantitative estimate of drug-likeness (QED) is 0.573. The number of carbonyl (C=O) groups excluding carboxylic acids is 1. The Morgan fingerprint density at radius 2 is 1.64 bits per heavy atom. The molecule has 0 saturated carbocycles. The second-order valence-electron chi connectivity index (χ2n) is 2.73. The summed E-state index contributed by atoms with van der Waals surface area (Å²) in [6.07, 6.45) is 0.127. The van der Waals surface area contributed by atoms with Crippen LogP contribution in [-0.4, -0.2) is 37.3 Å². The Morgan fingerprint density at radius 3 is 2.00 bits per heavy atom. The molecule has 0 saturated heterocycles. The number of hydrogen-bond donors (Lipinski definition) is 1. The monoisotopic (exact) mass is 381 g/mol. The van der Waals surface area contributed by atoms with Gasteiger partial charge in [-0.15, -0.1) is 0 Å². The fraction of sp³-hybridized carbons (Fsp3) is 0.667. The summed E-state index contributed by atoms with van der Waals surface area (Å²) in [4.78, 5) is 11.2. The van der Waals surface area contributed by atoms with Crippen LogP contribution in [0.25, 0.3) is 0 Å². The van der Waals surface area contributed by atoms with E-state index in [1.165, 1.54) is 14.2 Å². The minimum absolute atomic E-state index is 0. The van der Waals surface area contributed by atoms with Gasteiger partial charge in [-0.1, -0.05) is 0 Å². The zero-order chi connectivity index (χ0) is 10.4. The molecule has 4 nitrogen and oxygen atoms in total. The van der Waals surface area contributed by atoms with Gasteiger partial charge in [-0.05, 0) is 13.8 Å². The van der Waals surface area contributed by atoms with Crippen molar-refractivity contribution in [2.24, 2.45) is 0 Å². The van der Waals surface area contributed by atoms with Crippen LogP contribution < -0.4 is 0 Å². The van der Waals surface area contributed by atoms with Crippen molar-refractivity contribution in [3.63, 3.8) is 0 Å². The molecule has 2 atom stereocenters. The number of hydrogen-bond acceptors (Lipinski definition) is 4. The molecule has 0 bridgehead atoms. The molecule has 2 unspecified atom stereocenters. The van der Waals surface area contributed by atoms with Gasteiger partial charge in [0.05, 0.1) is 0 Å². The van der Waals surface area contributed by atoms with Gasteiger partial charge in [0.1, 0.15) is 18.0 Å². The van der Waals surface area contributed by atoms with E-state index in [0.29, 0.717) is 0 Å². The van der Waals surface area contributed by atoms with Crippen molar-refractivity contribution < 1.29 is 39.5 Å². The van der Waals surface area contributed by atoms with Crippen molar-refractivity contribution in [3.05, 3.63) is 11.8 Å². The summed E-state index contributed by atoms with van der Waals surface area (Å²) in [7, 11) is 2.89. The summed E-state index contributed by atoms with van der Waals surface area (Å²) in [5.41, 5.74) is 0. The maximum absolute atomic E-state index is 11.2. The van der Waals surface area contributed by atoms with Crippen LogP contribution in [0, 0.1) is 0 Å². The van der Waals surface area contributed by atoms with E-state index in [1.54, 1.807) is 13.8 Å². The average molecular weight is 380 g/mol. The van der Waals surface area contributed by atoms with Gasteiger partial charge in [0, 0.05) is 40.4 Å². The number of aliphatic hydroxyl groups excluding tert-OH is 1. The Labute approximate surface area is 97.6 Å². The number of aliphatic hydroxyl groups is 1. The fourth-order valence-corrected chi connectivity index (χ4v) is 0.617. The van der Waals surface area contributed by atoms with Crippen molar-refractivity contribution >= 4 is 5.78 Å². The maximum Gasteiger partial charge on any atom is 0.187 e. The zero-order valence-electron chi connectivity index (χ0n) is 8.74. The van der Waals surface area contributed by atoms with Gasteiger partial charge in [-0.2, -0.15) is 0 Å². The molecule has 0 rings (SSSR count). The molecule has 0 aromatic rings. The Morgan fingerprint density at radius 1 is 1.21 bits per heavy atom. The van der Waals surface area contributed by atoms with E-state index >= 15 is 0 Å². The first-order valence-corrected chi connectivity index (χ1v) is 4.03. The first-order chi connectivity index (χ1) is 6.02. The fourth-order valence-electron chi connectivity index (χ4n) is 0.617. The topological polar surface area (TPSA) is 55.8 Å². The Kier molecular flexibility index (Phi) is 9.40. The Bertz CT molecular complexity index is 203. The van der Waals surface area contributed by atoms with E-state index in [0.717, 1.165) is 6.08 Å². The van der Waals surface area contributed by atoms with Gasteiger partial charge in [0.2, 0.25) is 0 Å². The summed E-state index contributed by atoms with van der Waals surface area (Å²) in [6.45, 7) is 3.26. The molecule has 14 heavy (non-hydrogen) atoms. The summed E-state index contributed by atoms with van der Waals surface area (Å²) in [5, 5.41) is 9.29. The van der Waals surface area contributed by atoms with Crippen LogP contribution in [0.1, 0.15) is 13.8 Å². The number of methoxy groups -OCH3 is 2. The summed E-state index contributed by atoms with van der Waals surface area (Å²) >= 11 is 0. The van der Waals surface area contributed by atoms with Gasteiger partial charge in [-0.25, -0.2) is 0 Å². The zero-order valence-corrected chi connectivity index (χ0v) is 11.1. The summed E-state index contributed by atoms with van der Waals surface area (Å²) in [5.74, 6) is -0.361. The molecule has 85 valence electrons. The second-order valence-corrected chi connectivity index (χ2v) is 2.73. The number of carbonyl (C=O) groups is 1. The third-order valence-electron chi connectivity index (χ3n) is 1.81. The largest absolute Gasteiger partial charge is 0.509 e. The molecule has 0 spiro atoms. The first kappa shape index (κ1) is 16.2. The van der Waals surface area contributed by atoms with E-state index in [-0.39, 0.29) is 31.6 Å². The maximum atomic E-state index is 11.2. The van der Waals surface area contributed by atoms with Gasteiger partial charge in [-0.3, -0.25) is 4.79 Å². The average Bonchev–Trinajstić information content (AvgIpc) is 2.14. The molecule has 0 amide bonds. The molecule has 0 fully saturated rings. The molecule has 0 aliphatic heterocycles. The van der Waals surface area contributed by atoms with Crippen LogP contribution in [0.4, 0.5) is 0 Å². The van der Waals surface area contributed by atoms with E-state index < -0.39 is 12.2 Å². The number of ether oxygens (including phenoxy) is 2. The molecule has 1 radical (unpaired) electrons. The molecule has 0 heterocycles. The molecule has 5 heteroatoms. The van der Waals surface area contributed by atoms with E-state index in [2.05, 4.69) is 0 Å². The van der Waals surface area contributed by atoms with Crippen LogP contribution in [0.5, 0.6) is 0 Å². The van der Waals surface area contributed by atoms with Crippen LogP contribution in [0.3, 0.4) is 0 Å². The third-order valence-corrected chi connectivity index (χ3v) is 1.81. The molecular weight excluding hydrogens is 364 g/mol. The molecule has 1 N–H and O–H groups in total. The predicted molar refractivity (Wildman–Crippen MR) is 48.7 cm³/mol. The second kappa shape index (κ2) is 8.12. The van der Waals surface area contributed by atoms with Crippen molar-refractivity contribution in [2.75, 3.05) is 14.2 Å². The van der Waals surface area contributed by atoms with E-state index in [4.69, 9.17) is 9.47 Å². The number of ketones is 1. The normalized spacial score (nSPS) is 15.6. The van der Waals surface area contributed by atoms with Crippen LogP contribution in [0.2, 0.25) is 0 Å². The van der Waals surface area contributed by atoms with Gasteiger partial charge in [0.25, 0.3) is 0 Å². The molecule has 0 aromatic heterocycles. The van der Waals surface area contributed by atoms with Crippen LogP contribution in [-0.2, 0) is 34.4 Å². The van der Waals surface area contributed by atoms with Gasteiger partial charge >= 0.3 is 0 Å². The Hall–Kier alpha value is -0.221. The van der Waals surface area contributed by atoms with E-state index in [9.17, 15) is 9.90 Å². The van der Waals surface area contributed by atoms with Crippen molar-refractivity contribution in [2.45, 2.75) is 26.1 Å². The third kappa shape index (κ3) is 5.50. The van der Waals surface area contributed by atoms with Gasteiger partial charge < -0.3 is 14.6 Å². The summed E-state index contributed by atoms with van der Waals surface area (Å²) < 4.78 is 9.60. The minimum Gasteiger partial charge on any atom is -0.509 e. The van der Waals surface area contributed by atoms with Gasteiger partial charge in [0.15, 0.2) is 5.78 Å². The first-order valence-electron chi connectivity index (χ1n) is 4.03. The molecule has 0 aliphatic rings. The molecular formula is C9H16IrO4. The van der Waals surface area contributed by atoms with Crippen molar-refractivity contribution in [1.29, 1.82) is 0 Å². The number of rotatable bonds is 5. The predicted octanol–water partition coefficient (Wildman–Crippen LogP) is 1.06. The smallest absolute Gasteiger partial charge is 0.187 e. The van der Waals surface area contributed by atoms with E-state index in [1.807, 2.05) is 0 Å². The SMILES string of the molecule is COC(C)C(=O)/C=C(\O)C(C)OC.[Ir]. The van der Waals surface area contributed by atoms with Crippen molar-refractivity contribution in [1.82, 2.24) is 0 Å². The van der Waals surface area contributed by atoms with Crippen LogP contribution >= 0.6 is 0 Å². The van der Waals surface area contributed by atoms with Crippen LogP contribution in [0.15, 0.2) is 11.8 Å². The van der Waals surface area contributed by atoms with Crippen molar-refractivity contribution in [3.8, 4) is 0 Å². The standard InChI is InChI=1S/C9H16O4.Ir/c1-6(12-3)8(10)5-9(11)7(2)13-4;/h5-7,10H,1-4H3;/b8-5-;. The summed E-state index contributed by atoms with van der Waals surface area (Å²) in [6, 6.07) is 0. The Balaban J connectivity index is 0. The molecule has 0 aliphatic carbocycles.